The first-order valence-electron chi connectivity index (χ1n) is 15.0. The third-order valence-corrected chi connectivity index (χ3v) is 7.72. The third kappa shape index (κ3) is 9.30. The van der Waals surface area contributed by atoms with Gasteiger partial charge in [-0.15, -0.1) is 0 Å². The van der Waals surface area contributed by atoms with Crippen molar-refractivity contribution in [3.8, 4) is 11.5 Å². The van der Waals surface area contributed by atoms with Gasteiger partial charge in [0.1, 0.15) is 18.1 Å². The highest BCUT2D eigenvalue weighted by Crippen LogP contribution is 2.35. The van der Waals surface area contributed by atoms with Crippen LogP contribution in [0, 0.1) is 0 Å². The second-order valence-electron chi connectivity index (χ2n) is 10.7. The monoisotopic (exact) mass is 572 g/mol. The summed E-state index contributed by atoms with van der Waals surface area (Å²) < 4.78 is 35.1. The van der Waals surface area contributed by atoms with Crippen LogP contribution in [-0.2, 0) is 25.6 Å². The lowest BCUT2D eigenvalue weighted by molar-refractivity contribution is -0.0777. The van der Waals surface area contributed by atoms with Crippen LogP contribution in [-0.4, -0.2) is 96.9 Å². The van der Waals surface area contributed by atoms with E-state index in [4.69, 9.17) is 28.4 Å². The molecule has 9 nitrogen and oxygen atoms in total. The number of fused-ring (bicyclic) bond motifs is 1. The molecule has 2 aromatic rings. The Balaban J connectivity index is 1.46. The maximum atomic E-state index is 10.2. The molecule has 0 unspecified atom stereocenters. The first kappa shape index (κ1) is 31.5. The highest BCUT2D eigenvalue weighted by molar-refractivity contribution is 5.61. The molecule has 4 rings (SSSR count). The first-order chi connectivity index (χ1) is 20.1. The average molecular weight is 573 g/mol. The first-order valence-corrected chi connectivity index (χ1v) is 15.0. The van der Waals surface area contributed by atoms with Gasteiger partial charge in [-0.05, 0) is 48.2 Å². The van der Waals surface area contributed by atoms with Crippen molar-refractivity contribution in [2.45, 2.75) is 57.0 Å². The molecule has 0 aliphatic carbocycles. The van der Waals surface area contributed by atoms with E-state index in [9.17, 15) is 5.11 Å². The van der Waals surface area contributed by atoms with Crippen LogP contribution < -0.4 is 19.7 Å². The topological polar surface area (TPSA) is 90.9 Å². The molecule has 1 saturated heterocycles. The summed E-state index contributed by atoms with van der Waals surface area (Å²) in [6, 6.07) is 14.6. The Hall–Kier alpha value is -2.40. The molecule has 2 aliphatic heterocycles. The number of aliphatic hydroxyl groups excluding tert-OH is 1. The Morgan fingerprint density at radius 1 is 0.976 bits per heavy atom. The van der Waals surface area contributed by atoms with Gasteiger partial charge in [-0.25, -0.2) is 0 Å². The predicted molar refractivity (Wildman–Crippen MR) is 159 cm³/mol. The Morgan fingerprint density at radius 2 is 1.73 bits per heavy atom. The minimum atomic E-state index is -0.482. The van der Waals surface area contributed by atoms with Crippen molar-refractivity contribution in [1.29, 1.82) is 0 Å². The summed E-state index contributed by atoms with van der Waals surface area (Å²) in [6.45, 7) is 8.67. The van der Waals surface area contributed by atoms with E-state index in [0.29, 0.717) is 52.5 Å². The zero-order valence-corrected chi connectivity index (χ0v) is 24.9. The number of aliphatic hydroxyl groups is 1. The molecule has 9 heteroatoms. The number of nitrogens with zero attached hydrogens (tertiary/aromatic N) is 1. The molecule has 0 amide bonds. The van der Waals surface area contributed by atoms with Gasteiger partial charge in [0, 0.05) is 59.4 Å². The van der Waals surface area contributed by atoms with E-state index in [1.807, 2.05) is 19.1 Å². The molecule has 2 aliphatic rings. The van der Waals surface area contributed by atoms with Crippen molar-refractivity contribution < 1.29 is 33.5 Å². The Bertz CT molecular complexity index is 1020. The number of hydrogen-bond acceptors (Lipinski definition) is 9. The van der Waals surface area contributed by atoms with Crippen LogP contribution in [0.25, 0.3) is 0 Å². The second-order valence-corrected chi connectivity index (χ2v) is 10.7. The largest absolute Gasteiger partial charge is 0.494 e. The van der Waals surface area contributed by atoms with Gasteiger partial charge in [0.25, 0.3) is 0 Å². The Labute approximate surface area is 245 Å². The number of benzene rings is 2. The minimum Gasteiger partial charge on any atom is -0.494 e. The molecule has 0 saturated carbocycles. The van der Waals surface area contributed by atoms with E-state index in [1.165, 1.54) is 0 Å². The summed E-state index contributed by atoms with van der Waals surface area (Å²) in [5.74, 6) is 1.76. The highest BCUT2D eigenvalue weighted by atomic mass is 16.5. The van der Waals surface area contributed by atoms with Crippen molar-refractivity contribution in [2.24, 2.45) is 0 Å². The molecular weight excluding hydrogens is 524 g/mol. The SMILES string of the molecule is CC[C@@H](O)CO[C@@H]1CNC[C@H](OCc2ccc3c(c2)N(CCCOC)CCO3)[C@H]1c1ccc(OCCCOC)cc1. The predicted octanol–water partition coefficient (Wildman–Crippen LogP) is 3.77. The zero-order valence-electron chi connectivity index (χ0n) is 24.9. The highest BCUT2D eigenvalue weighted by Gasteiger charge is 2.36. The van der Waals surface area contributed by atoms with Crippen molar-refractivity contribution in [3.05, 3.63) is 53.6 Å². The van der Waals surface area contributed by atoms with E-state index in [2.05, 4.69) is 40.5 Å². The van der Waals surface area contributed by atoms with Crippen LogP contribution in [0.2, 0.25) is 0 Å². The average Bonchev–Trinajstić information content (AvgIpc) is 3.01. The molecule has 0 spiro atoms. The van der Waals surface area contributed by atoms with Crippen LogP contribution >= 0.6 is 0 Å². The van der Waals surface area contributed by atoms with E-state index in [0.717, 1.165) is 60.9 Å². The number of nitrogens with one attached hydrogen (secondary N) is 1. The number of methoxy groups -OCH3 is 2. The van der Waals surface area contributed by atoms with Gasteiger partial charge < -0.3 is 43.7 Å². The minimum absolute atomic E-state index is 0.00866. The van der Waals surface area contributed by atoms with Crippen LogP contribution in [0.15, 0.2) is 42.5 Å². The fourth-order valence-corrected chi connectivity index (χ4v) is 5.39. The molecule has 0 aromatic heterocycles. The standard InChI is InChI=1S/C32H48N2O7/c1-4-26(35)23-41-31-21-33-20-30(32(31)25-8-10-27(11-9-25)38-17-6-16-37-3)40-22-24-7-12-29-28(19-24)34(14-18-39-29)13-5-15-36-2/h7-12,19,26,30-33,35H,4-6,13-18,20-23H2,1-3H3/t26-,30+,31-,32-/m1/s1. The maximum absolute atomic E-state index is 10.2. The number of anilines is 1. The summed E-state index contributed by atoms with van der Waals surface area (Å²) in [6.07, 6.45) is 1.76. The quantitative estimate of drug-likeness (QED) is 0.275. The van der Waals surface area contributed by atoms with Crippen molar-refractivity contribution in [2.75, 3.05) is 78.3 Å². The van der Waals surface area contributed by atoms with Crippen LogP contribution in [0.1, 0.15) is 43.2 Å². The van der Waals surface area contributed by atoms with Gasteiger partial charge >= 0.3 is 0 Å². The fraction of sp³-hybridized carbons (Fsp3) is 0.625. The molecule has 0 bridgehead atoms. The molecule has 4 atom stereocenters. The van der Waals surface area contributed by atoms with Gasteiger partial charge in [0.2, 0.25) is 0 Å². The third-order valence-electron chi connectivity index (χ3n) is 7.72. The van der Waals surface area contributed by atoms with E-state index in [1.54, 1.807) is 14.2 Å². The summed E-state index contributed by atoms with van der Waals surface area (Å²) >= 11 is 0. The van der Waals surface area contributed by atoms with Gasteiger partial charge in [-0.1, -0.05) is 25.1 Å². The molecule has 2 heterocycles. The smallest absolute Gasteiger partial charge is 0.142 e. The number of rotatable bonds is 17. The molecule has 2 aromatic carbocycles. The van der Waals surface area contributed by atoms with E-state index in [-0.39, 0.29) is 18.1 Å². The van der Waals surface area contributed by atoms with Gasteiger partial charge in [-0.3, -0.25) is 0 Å². The molecular formula is C32H48N2O7. The second kappa shape index (κ2) is 16.9. The molecule has 2 N–H and O–H groups in total. The van der Waals surface area contributed by atoms with Gasteiger partial charge in [-0.2, -0.15) is 0 Å². The lowest BCUT2D eigenvalue weighted by Gasteiger charge is -2.39. The fourth-order valence-electron chi connectivity index (χ4n) is 5.39. The van der Waals surface area contributed by atoms with Crippen LogP contribution in [0.4, 0.5) is 5.69 Å². The summed E-state index contributed by atoms with van der Waals surface area (Å²) in [5.41, 5.74) is 3.36. The lowest BCUT2D eigenvalue weighted by Crippen LogP contribution is -2.51. The maximum Gasteiger partial charge on any atom is 0.142 e. The summed E-state index contributed by atoms with van der Waals surface area (Å²) in [7, 11) is 3.44. The Morgan fingerprint density at radius 3 is 2.49 bits per heavy atom. The summed E-state index contributed by atoms with van der Waals surface area (Å²) in [5, 5.41) is 13.7. The van der Waals surface area contributed by atoms with E-state index >= 15 is 0 Å². The number of ether oxygens (including phenoxy) is 6. The van der Waals surface area contributed by atoms with E-state index < -0.39 is 6.10 Å². The lowest BCUT2D eigenvalue weighted by atomic mass is 9.85. The molecule has 1 fully saturated rings. The van der Waals surface area contributed by atoms with Crippen molar-refractivity contribution in [1.82, 2.24) is 5.32 Å². The Kier molecular flexibility index (Phi) is 13.0. The molecule has 0 radical (unpaired) electrons. The van der Waals surface area contributed by atoms with Gasteiger partial charge in [0.15, 0.2) is 0 Å². The van der Waals surface area contributed by atoms with Crippen molar-refractivity contribution >= 4 is 5.69 Å². The van der Waals surface area contributed by atoms with Crippen molar-refractivity contribution in [3.63, 3.8) is 0 Å². The summed E-state index contributed by atoms with van der Waals surface area (Å²) in [4.78, 5) is 2.37. The van der Waals surface area contributed by atoms with Gasteiger partial charge in [0.05, 0.1) is 50.4 Å². The zero-order chi connectivity index (χ0) is 28.9. The van der Waals surface area contributed by atoms with Crippen LogP contribution in [0.3, 0.4) is 0 Å². The van der Waals surface area contributed by atoms with Crippen LogP contribution in [0.5, 0.6) is 11.5 Å². The number of hydrogen-bond donors (Lipinski definition) is 2. The molecule has 41 heavy (non-hydrogen) atoms. The molecule has 228 valence electrons. The number of piperidine rings is 1. The normalized spacial score (nSPS) is 21.3.